The SMILES string of the molecule is CC(C)CC(CO)NCCC(=O)N(C)C. The molecule has 0 fully saturated rings. The second-order valence-electron chi connectivity index (χ2n) is 4.50. The Balaban J connectivity index is 3.67. The molecule has 1 amide bonds. The number of carbonyl (C=O) groups excluding carboxylic acids is 1. The number of nitrogens with one attached hydrogen (secondary N) is 1. The fourth-order valence-electron chi connectivity index (χ4n) is 1.40. The zero-order valence-corrected chi connectivity index (χ0v) is 10.3. The van der Waals surface area contributed by atoms with E-state index in [2.05, 4.69) is 19.2 Å². The zero-order valence-electron chi connectivity index (χ0n) is 10.3. The van der Waals surface area contributed by atoms with Crippen LogP contribution in [0.15, 0.2) is 0 Å². The third-order valence-electron chi connectivity index (χ3n) is 2.25. The Bertz CT molecular complexity index is 181. The highest BCUT2D eigenvalue weighted by Crippen LogP contribution is 2.03. The summed E-state index contributed by atoms with van der Waals surface area (Å²) in [6.07, 6.45) is 1.42. The summed E-state index contributed by atoms with van der Waals surface area (Å²) in [5.41, 5.74) is 0. The monoisotopic (exact) mass is 216 g/mol. The number of aliphatic hydroxyl groups is 1. The minimum Gasteiger partial charge on any atom is -0.395 e. The highest BCUT2D eigenvalue weighted by molar-refractivity contribution is 5.75. The van der Waals surface area contributed by atoms with Crippen molar-refractivity contribution >= 4 is 5.91 Å². The predicted molar refractivity (Wildman–Crippen MR) is 61.6 cm³/mol. The van der Waals surface area contributed by atoms with Gasteiger partial charge in [-0.25, -0.2) is 0 Å². The Morgan fingerprint density at radius 1 is 1.40 bits per heavy atom. The van der Waals surface area contributed by atoms with Gasteiger partial charge in [0.15, 0.2) is 0 Å². The second kappa shape index (κ2) is 7.65. The van der Waals surface area contributed by atoms with Gasteiger partial charge in [-0.1, -0.05) is 13.8 Å². The van der Waals surface area contributed by atoms with E-state index in [1.54, 1.807) is 19.0 Å². The summed E-state index contributed by atoms with van der Waals surface area (Å²) in [6.45, 7) is 5.01. The van der Waals surface area contributed by atoms with Crippen molar-refractivity contribution in [2.24, 2.45) is 5.92 Å². The Hall–Kier alpha value is -0.610. The molecule has 4 nitrogen and oxygen atoms in total. The molecule has 0 aromatic rings. The number of nitrogens with zero attached hydrogens (tertiary/aromatic N) is 1. The van der Waals surface area contributed by atoms with E-state index in [0.29, 0.717) is 18.9 Å². The quantitative estimate of drug-likeness (QED) is 0.650. The Kier molecular flexibility index (Phi) is 7.34. The van der Waals surface area contributed by atoms with Crippen molar-refractivity contribution in [3.63, 3.8) is 0 Å². The first kappa shape index (κ1) is 14.4. The summed E-state index contributed by atoms with van der Waals surface area (Å²) in [6, 6.07) is 0.111. The lowest BCUT2D eigenvalue weighted by Gasteiger charge is -2.18. The lowest BCUT2D eigenvalue weighted by molar-refractivity contribution is -0.128. The molecule has 2 N–H and O–H groups in total. The normalized spacial score (nSPS) is 12.9. The molecule has 0 radical (unpaired) electrons. The highest BCUT2D eigenvalue weighted by Gasteiger charge is 2.10. The van der Waals surface area contributed by atoms with Gasteiger partial charge in [0.05, 0.1) is 6.61 Å². The van der Waals surface area contributed by atoms with Crippen LogP contribution in [0.4, 0.5) is 0 Å². The maximum absolute atomic E-state index is 11.3. The summed E-state index contributed by atoms with van der Waals surface area (Å²) >= 11 is 0. The number of hydrogen-bond donors (Lipinski definition) is 2. The lowest BCUT2D eigenvalue weighted by Crippen LogP contribution is -2.36. The number of carbonyl (C=O) groups is 1. The summed E-state index contributed by atoms with van der Waals surface area (Å²) in [5.74, 6) is 0.669. The smallest absolute Gasteiger partial charge is 0.223 e. The molecule has 0 rings (SSSR count). The molecule has 0 aliphatic heterocycles. The molecule has 0 aromatic heterocycles. The van der Waals surface area contributed by atoms with Crippen LogP contribution in [0, 0.1) is 5.92 Å². The van der Waals surface area contributed by atoms with E-state index in [9.17, 15) is 4.79 Å². The molecular weight excluding hydrogens is 192 g/mol. The van der Waals surface area contributed by atoms with E-state index in [-0.39, 0.29) is 18.6 Å². The summed E-state index contributed by atoms with van der Waals surface area (Å²) in [7, 11) is 3.50. The minimum atomic E-state index is 0.111. The van der Waals surface area contributed by atoms with Gasteiger partial charge in [-0.05, 0) is 12.3 Å². The fraction of sp³-hybridized carbons (Fsp3) is 0.909. The fourth-order valence-corrected chi connectivity index (χ4v) is 1.40. The van der Waals surface area contributed by atoms with Gasteiger partial charge < -0.3 is 15.3 Å². The van der Waals surface area contributed by atoms with Crippen molar-refractivity contribution in [1.82, 2.24) is 10.2 Å². The molecule has 0 aliphatic carbocycles. The molecule has 0 aliphatic rings. The van der Waals surface area contributed by atoms with Gasteiger partial charge in [0.25, 0.3) is 0 Å². The van der Waals surface area contributed by atoms with Crippen LogP contribution >= 0.6 is 0 Å². The van der Waals surface area contributed by atoms with Crippen LogP contribution in [0.3, 0.4) is 0 Å². The van der Waals surface area contributed by atoms with Crippen LogP contribution in [0.5, 0.6) is 0 Å². The van der Waals surface area contributed by atoms with Gasteiger partial charge in [-0.3, -0.25) is 4.79 Å². The van der Waals surface area contributed by atoms with E-state index in [1.807, 2.05) is 0 Å². The van der Waals surface area contributed by atoms with E-state index < -0.39 is 0 Å². The Labute approximate surface area is 92.7 Å². The molecule has 90 valence electrons. The highest BCUT2D eigenvalue weighted by atomic mass is 16.3. The third kappa shape index (κ3) is 7.33. The van der Waals surface area contributed by atoms with Crippen molar-refractivity contribution in [2.45, 2.75) is 32.7 Å². The molecule has 0 saturated heterocycles. The molecule has 0 aromatic carbocycles. The first-order chi connectivity index (χ1) is 6.97. The first-order valence-corrected chi connectivity index (χ1v) is 5.51. The molecule has 15 heavy (non-hydrogen) atoms. The van der Waals surface area contributed by atoms with Gasteiger partial charge >= 0.3 is 0 Å². The van der Waals surface area contributed by atoms with Crippen LogP contribution < -0.4 is 5.32 Å². The summed E-state index contributed by atoms with van der Waals surface area (Å²) in [5, 5.41) is 12.3. The molecule has 0 heterocycles. The van der Waals surface area contributed by atoms with Crippen molar-refractivity contribution in [1.29, 1.82) is 0 Å². The van der Waals surface area contributed by atoms with Crippen LogP contribution in [-0.2, 0) is 4.79 Å². The summed E-state index contributed by atoms with van der Waals surface area (Å²) < 4.78 is 0. The number of aliphatic hydroxyl groups excluding tert-OH is 1. The molecular formula is C11H24N2O2. The van der Waals surface area contributed by atoms with E-state index >= 15 is 0 Å². The van der Waals surface area contributed by atoms with Gasteiger partial charge in [0.1, 0.15) is 0 Å². The average Bonchev–Trinajstić information content (AvgIpc) is 2.15. The van der Waals surface area contributed by atoms with E-state index in [4.69, 9.17) is 5.11 Å². The zero-order chi connectivity index (χ0) is 11.8. The molecule has 0 bridgehead atoms. The number of rotatable bonds is 7. The predicted octanol–water partition coefficient (Wildman–Crippen LogP) is 0.461. The number of amides is 1. The Morgan fingerprint density at radius 2 is 2.00 bits per heavy atom. The maximum atomic E-state index is 11.3. The van der Waals surface area contributed by atoms with Gasteiger partial charge in [0, 0.05) is 33.1 Å². The van der Waals surface area contributed by atoms with E-state index in [1.165, 1.54) is 0 Å². The third-order valence-corrected chi connectivity index (χ3v) is 2.25. The largest absolute Gasteiger partial charge is 0.395 e. The second-order valence-corrected chi connectivity index (χ2v) is 4.50. The Morgan fingerprint density at radius 3 is 2.40 bits per heavy atom. The van der Waals surface area contributed by atoms with Crippen LogP contribution in [-0.4, -0.2) is 49.2 Å². The molecule has 4 heteroatoms. The molecule has 1 atom stereocenters. The summed E-state index contributed by atoms with van der Waals surface area (Å²) in [4.78, 5) is 12.8. The minimum absolute atomic E-state index is 0.111. The van der Waals surface area contributed by atoms with Gasteiger partial charge in [-0.2, -0.15) is 0 Å². The van der Waals surface area contributed by atoms with E-state index in [0.717, 1.165) is 6.42 Å². The topological polar surface area (TPSA) is 52.6 Å². The number of hydrogen-bond acceptors (Lipinski definition) is 3. The molecule has 0 saturated carbocycles. The van der Waals surface area contributed by atoms with Gasteiger partial charge in [-0.15, -0.1) is 0 Å². The van der Waals surface area contributed by atoms with Crippen molar-refractivity contribution in [3.8, 4) is 0 Å². The maximum Gasteiger partial charge on any atom is 0.223 e. The van der Waals surface area contributed by atoms with Crippen molar-refractivity contribution < 1.29 is 9.90 Å². The van der Waals surface area contributed by atoms with Crippen molar-refractivity contribution in [3.05, 3.63) is 0 Å². The van der Waals surface area contributed by atoms with Crippen LogP contribution in [0.25, 0.3) is 0 Å². The standard InChI is InChI=1S/C11H24N2O2/c1-9(2)7-10(8-14)12-6-5-11(15)13(3)4/h9-10,12,14H,5-8H2,1-4H3. The average molecular weight is 216 g/mol. The van der Waals surface area contributed by atoms with Crippen molar-refractivity contribution in [2.75, 3.05) is 27.2 Å². The van der Waals surface area contributed by atoms with Crippen LogP contribution in [0.1, 0.15) is 26.7 Å². The lowest BCUT2D eigenvalue weighted by atomic mass is 10.0. The first-order valence-electron chi connectivity index (χ1n) is 5.51. The van der Waals surface area contributed by atoms with Gasteiger partial charge in [0.2, 0.25) is 5.91 Å². The molecule has 1 unspecified atom stereocenters. The molecule has 0 spiro atoms. The van der Waals surface area contributed by atoms with Crippen LogP contribution in [0.2, 0.25) is 0 Å².